The second-order valence-electron chi connectivity index (χ2n) is 6.36. The van der Waals surface area contributed by atoms with Gasteiger partial charge in [-0.05, 0) is 36.4 Å². The topological polar surface area (TPSA) is 102 Å². The molecule has 0 aliphatic carbocycles. The highest BCUT2D eigenvalue weighted by Crippen LogP contribution is 2.30. The summed E-state index contributed by atoms with van der Waals surface area (Å²) in [5, 5.41) is 12.2. The molecule has 0 radical (unpaired) electrons. The van der Waals surface area contributed by atoms with Crippen LogP contribution in [-0.4, -0.2) is 20.2 Å². The van der Waals surface area contributed by atoms with Gasteiger partial charge in [0, 0.05) is 34.4 Å². The molecule has 4 N–H and O–H groups in total. The Morgan fingerprint density at radius 1 is 0.929 bits per heavy atom. The van der Waals surface area contributed by atoms with Crippen LogP contribution in [0.2, 0.25) is 0 Å². The van der Waals surface area contributed by atoms with Crippen LogP contribution in [0.25, 0.3) is 21.8 Å². The summed E-state index contributed by atoms with van der Waals surface area (Å²) in [6.45, 7) is 0. The standard InChI is InChI=1S/C21H16N6O/c22-15-4-2-5-17(9-15)28-19-6-1-3-14-11-23-21(26-20(14)19)25-16-8-7-13-12-24-27-18(13)10-16/h1-12H,22H2,(H,24,27)(H,23,25,26). The molecule has 7 heteroatoms. The number of nitrogens with two attached hydrogens (primary N) is 1. The van der Waals surface area contributed by atoms with Gasteiger partial charge in [0.05, 0.1) is 11.7 Å². The minimum atomic E-state index is 0.481. The molecule has 0 aliphatic heterocycles. The maximum Gasteiger partial charge on any atom is 0.227 e. The lowest BCUT2D eigenvalue weighted by Gasteiger charge is -2.10. The summed E-state index contributed by atoms with van der Waals surface area (Å²) >= 11 is 0. The SMILES string of the molecule is Nc1cccc(Oc2cccc3cnc(Nc4ccc5cn[nH]c5c4)nc23)c1. The zero-order valence-corrected chi connectivity index (χ0v) is 14.8. The Bertz CT molecular complexity index is 1300. The predicted molar refractivity (Wildman–Crippen MR) is 110 cm³/mol. The maximum atomic E-state index is 6.01. The van der Waals surface area contributed by atoms with E-state index in [4.69, 9.17) is 10.5 Å². The highest BCUT2D eigenvalue weighted by molar-refractivity contribution is 5.86. The average molecular weight is 368 g/mol. The highest BCUT2D eigenvalue weighted by Gasteiger charge is 2.08. The van der Waals surface area contributed by atoms with E-state index in [1.165, 1.54) is 0 Å². The van der Waals surface area contributed by atoms with Crippen molar-refractivity contribution in [1.29, 1.82) is 0 Å². The summed E-state index contributed by atoms with van der Waals surface area (Å²) in [6.07, 6.45) is 3.55. The minimum Gasteiger partial charge on any atom is -0.455 e. The van der Waals surface area contributed by atoms with Crippen LogP contribution in [0.3, 0.4) is 0 Å². The van der Waals surface area contributed by atoms with Crippen LogP contribution in [-0.2, 0) is 0 Å². The summed E-state index contributed by atoms with van der Waals surface area (Å²) < 4.78 is 6.01. The normalized spacial score (nSPS) is 11.0. The van der Waals surface area contributed by atoms with Gasteiger partial charge in [-0.1, -0.05) is 18.2 Å². The van der Waals surface area contributed by atoms with Gasteiger partial charge in [0.2, 0.25) is 5.95 Å². The second kappa shape index (κ2) is 6.55. The van der Waals surface area contributed by atoms with E-state index in [0.29, 0.717) is 28.7 Å². The number of nitrogens with zero attached hydrogens (tertiary/aromatic N) is 3. The van der Waals surface area contributed by atoms with Crippen LogP contribution in [0.4, 0.5) is 17.3 Å². The number of aromatic nitrogens is 4. The molecule has 0 amide bonds. The lowest BCUT2D eigenvalue weighted by molar-refractivity contribution is 0.487. The van der Waals surface area contributed by atoms with Crippen molar-refractivity contribution in [3.63, 3.8) is 0 Å². The molecule has 0 aliphatic rings. The van der Waals surface area contributed by atoms with E-state index in [1.807, 2.05) is 54.6 Å². The van der Waals surface area contributed by atoms with E-state index in [9.17, 15) is 0 Å². The Balaban J connectivity index is 1.50. The van der Waals surface area contributed by atoms with Crippen molar-refractivity contribution < 1.29 is 4.74 Å². The third kappa shape index (κ3) is 3.05. The molecule has 5 aromatic rings. The van der Waals surface area contributed by atoms with E-state index in [1.54, 1.807) is 18.5 Å². The molecule has 2 heterocycles. The van der Waals surface area contributed by atoms with E-state index in [0.717, 1.165) is 22.0 Å². The van der Waals surface area contributed by atoms with Crippen molar-refractivity contribution in [2.45, 2.75) is 0 Å². The molecule has 5 rings (SSSR count). The molecule has 0 spiro atoms. The smallest absolute Gasteiger partial charge is 0.227 e. The summed E-state index contributed by atoms with van der Waals surface area (Å²) in [4.78, 5) is 9.06. The molecule has 0 unspecified atom stereocenters. The number of hydrogen-bond acceptors (Lipinski definition) is 6. The van der Waals surface area contributed by atoms with Crippen LogP contribution in [0.15, 0.2) is 73.1 Å². The van der Waals surface area contributed by atoms with Gasteiger partial charge in [-0.25, -0.2) is 9.97 Å². The monoisotopic (exact) mass is 368 g/mol. The van der Waals surface area contributed by atoms with Gasteiger partial charge in [0.15, 0.2) is 5.75 Å². The van der Waals surface area contributed by atoms with Crippen LogP contribution in [0.1, 0.15) is 0 Å². The average Bonchev–Trinajstić information content (AvgIpc) is 3.16. The van der Waals surface area contributed by atoms with Crippen molar-refractivity contribution in [1.82, 2.24) is 20.2 Å². The van der Waals surface area contributed by atoms with Gasteiger partial charge < -0.3 is 15.8 Å². The third-order valence-corrected chi connectivity index (χ3v) is 4.36. The van der Waals surface area contributed by atoms with Crippen LogP contribution >= 0.6 is 0 Å². The van der Waals surface area contributed by atoms with Crippen molar-refractivity contribution in [2.24, 2.45) is 0 Å². The Kier molecular flexibility index (Phi) is 3.76. The Morgan fingerprint density at radius 3 is 2.79 bits per heavy atom. The zero-order chi connectivity index (χ0) is 18.9. The first-order valence-electron chi connectivity index (χ1n) is 8.74. The summed E-state index contributed by atoms with van der Waals surface area (Å²) in [7, 11) is 0. The zero-order valence-electron chi connectivity index (χ0n) is 14.8. The fourth-order valence-corrected chi connectivity index (χ4v) is 3.02. The van der Waals surface area contributed by atoms with Crippen molar-refractivity contribution >= 4 is 39.1 Å². The number of fused-ring (bicyclic) bond motifs is 2. The van der Waals surface area contributed by atoms with E-state index < -0.39 is 0 Å². The predicted octanol–water partition coefficient (Wildman–Crippen LogP) is 4.62. The maximum absolute atomic E-state index is 6.01. The van der Waals surface area contributed by atoms with Crippen molar-refractivity contribution in [2.75, 3.05) is 11.1 Å². The lowest BCUT2D eigenvalue weighted by Crippen LogP contribution is -1.98. The quantitative estimate of drug-likeness (QED) is 0.400. The number of nitrogens with one attached hydrogen (secondary N) is 2. The molecule has 0 saturated heterocycles. The van der Waals surface area contributed by atoms with Crippen LogP contribution < -0.4 is 15.8 Å². The molecule has 0 bridgehead atoms. The molecule has 3 aromatic carbocycles. The summed E-state index contributed by atoms with van der Waals surface area (Å²) in [6, 6.07) is 18.9. The Labute approximate surface area is 160 Å². The number of hydrogen-bond donors (Lipinski definition) is 3. The van der Waals surface area contributed by atoms with E-state index in [2.05, 4.69) is 25.5 Å². The molecule has 0 atom stereocenters. The molecule has 136 valence electrons. The van der Waals surface area contributed by atoms with Gasteiger partial charge in [0.25, 0.3) is 0 Å². The first kappa shape index (κ1) is 16.1. The van der Waals surface area contributed by atoms with Gasteiger partial charge in [-0.3, -0.25) is 5.10 Å². The van der Waals surface area contributed by atoms with Gasteiger partial charge in [-0.15, -0.1) is 0 Å². The number of nitrogen functional groups attached to an aromatic ring is 1. The molecule has 7 nitrogen and oxygen atoms in total. The number of para-hydroxylation sites is 1. The molecular weight excluding hydrogens is 352 g/mol. The number of rotatable bonds is 4. The lowest BCUT2D eigenvalue weighted by atomic mass is 10.2. The van der Waals surface area contributed by atoms with E-state index >= 15 is 0 Å². The second-order valence-corrected chi connectivity index (χ2v) is 6.36. The fourth-order valence-electron chi connectivity index (χ4n) is 3.02. The summed E-state index contributed by atoms with van der Waals surface area (Å²) in [5.41, 5.74) is 9.01. The van der Waals surface area contributed by atoms with Crippen LogP contribution in [0, 0.1) is 0 Å². The third-order valence-electron chi connectivity index (χ3n) is 4.36. The highest BCUT2D eigenvalue weighted by atomic mass is 16.5. The number of ether oxygens (including phenoxy) is 1. The first-order valence-corrected chi connectivity index (χ1v) is 8.74. The number of aromatic amines is 1. The summed E-state index contributed by atoms with van der Waals surface area (Å²) in [5.74, 6) is 1.78. The van der Waals surface area contributed by atoms with Crippen molar-refractivity contribution in [3.8, 4) is 11.5 Å². The van der Waals surface area contributed by atoms with Crippen molar-refractivity contribution in [3.05, 3.63) is 73.1 Å². The minimum absolute atomic E-state index is 0.481. The molecule has 2 aromatic heterocycles. The molecule has 0 saturated carbocycles. The molecule has 28 heavy (non-hydrogen) atoms. The van der Waals surface area contributed by atoms with Gasteiger partial charge >= 0.3 is 0 Å². The van der Waals surface area contributed by atoms with Crippen LogP contribution in [0.5, 0.6) is 11.5 Å². The Hall–Kier alpha value is -4.13. The number of H-pyrrole nitrogens is 1. The number of anilines is 3. The van der Waals surface area contributed by atoms with Gasteiger partial charge in [0.1, 0.15) is 11.3 Å². The fraction of sp³-hybridized carbons (Fsp3) is 0. The number of benzene rings is 3. The van der Waals surface area contributed by atoms with Gasteiger partial charge in [-0.2, -0.15) is 5.10 Å². The largest absolute Gasteiger partial charge is 0.455 e. The Morgan fingerprint density at radius 2 is 1.86 bits per heavy atom. The molecule has 0 fully saturated rings. The van der Waals surface area contributed by atoms with E-state index in [-0.39, 0.29) is 0 Å². The first-order chi connectivity index (χ1) is 13.7. The molecular formula is C21H16N6O.